The normalized spacial score (nSPS) is 17.3. The van der Waals surface area contributed by atoms with Crippen molar-refractivity contribution in [3.63, 3.8) is 0 Å². The summed E-state index contributed by atoms with van der Waals surface area (Å²) in [4.78, 5) is 12.1. The maximum absolute atomic E-state index is 12.1. The van der Waals surface area contributed by atoms with Gasteiger partial charge in [0.2, 0.25) is 5.95 Å². The fraction of sp³-hybridized carbons (Fsp3) is 0.833. The van der Waals surface area contributed by atoms with E-state index in [0.29, 0.717) is 6.04 Å². The molecular weight excluding hydrogens is 216 g/mol. The van der Waals surface area contributed by atoms with Crippen LogP contribution >= 0.6 is 0 Å². The molecule has 5 heteroatoms. The summed E-state index contributed by atoms with van der Waals surface area (Å²) in [6.45, 7) is 2.97. The minimum Gasteiger partial charge on any atom is -0.354 e. The fourth-order valence-electron chi connectivity index (χ4n) is 2.51. The van der Waals surface area contributed by atoms with Crippen LogP contribution in [0.5, 0.6) is 0 Å². The van der Waals surface area contributed by atoms with E-state index < -0.39 is 0 Å². The van der Waals surface area contributed by atoms with E-state index in [9.17, 15) is 4.79 Å². The molecule has 96 valence electrons. The highest BCUT2D eigenvalue weighted by atomic mass is 16.2. The van der Waals surface area contributed by atoms with E-state index in [1.165, 1.54) is 23.9 Å². The third-order valence-corrected chi connectivity index (χ3v) is 3.43. The first-order chi connectivity index (χ1) is 8.24. The Balaban J connectivity index is 2.25. The number of aromatic nitrogens is 3. The van der Waals surface area contributed by atoms with Crippen molar-refractivity contribution in [3.8, 4) is 0 Å². The van der Waals surface area contributed by atoms with Gasteiger partial charge in [0.05, 0.1) is 0 Å². The smallest absolute Gasteiger partial charge is 0.347 e. The number of rotatable bonds is 4. The van der Waals surface area contributed by atoms with Gasteiger partial charge in [-0.25, -0.2) is 9.48 Å². The van der Waals surface area contributed by atoms with Crippen LogP contribution in [0.3, 0.4) is 0 Å². The van der Waals surface area contributed by atoms with Crippen molar-refractivity contribution < 1.29 is 0 Å². The molecule has 1 N–H and O–H groups in total. The molecule has 2 rings (SSSR count). The van der Waals surface area contributed by atoms with Crippen LogP contribution < -0.4 is 11.0 Å². The number of aryl methyl sites for hydroxylation is 1. The zero-order chi connectivity index (χ0) is 12.3. The van der Waals surface area contributed by atoms with Crippen LogP contribution in [-0.2, 0) is 7.05 Å². The molecule has 17 heavy (non-hydrogen) atoms. The highest BCUT2D eigenvalue weighted by Gasteiger charge is 2.21. The fourth-order valence-corrected chi connectivity index (χ4v) is 2.51. The lowest BCUT2D eigenvalue weighted by Crippen LogP contribution is -2.28. The Labute approximate surface area is 102 Å². The van der Waals surface area contributed by atoms with E-state index in [1.807, 2.05) is 4.57 Å². The molecule has 0 atom stereocenters. The Morgan fingerprint density at radius 2 is 2.06 bits per heavy atom. The molecule has 0 unspecified atom stereocenters. The van der Waals surface area contributed by atoms with Gasteiger partial charge in [-0.1, -0.05) is 26.2 Å². The standard InChI is InChI=1S/C12H22N4O/c1-3-9-13-11-14-15(2)12(17)16(11)10-7-5-4-6-8-10/h10H,3-9H2,1-2H3,(H,13,14). The second-order valence-corrected chi connectivity index (χ2v) is 4.82. The number of hydrogen-bond donors (Lipinski definition) is 1. The second-order valence-electron chi connectivity index (χ2n) is 4.82. The van der Waals surface area contributed by atoms with Crippen LogP contribution in [0.1, 0.15) is 51.5 Å². The van der Waals surface area contributed by atoms with Crippen LogP contribution in [0, 0.1) is 0 Å². The molecule has 0 aliphatic heterocycles. The number of nitrogens with one attached hydrogen (secondary N) is 1. The summed E-state index contributed by atoms with van der Waals surface area (Å²) in [6, 6.07) is 0.337. The second kappa shape index (κ2) is 5.38. The molecule has 1 aliphatic rings. The summed E-state index contributed by atoms with van der Waals surface area (Å²) in [5.41, 5.74) is 0.00973. The van der Waals surface area contributed by atoms with Crippen LogP contribution in [0.25, 0.3) is 0 Å². The minimum absolute atomic E-state index is 0.00973. The summed E-state index contributed by atoms with van der Waals surface area (Å²) in [7, 11) is 1.72. The van der Waals surface area contributed by atoms with E-state index in [0.717, 1.165) is 31.8 Å². The van der Waals surface area contributed by atoms with Gasteiger partial charge in [-0.2, -0.15) is 0 Å². The quantitative estimate of drug-likeness (QED) is 0.871. The summed E-state index contributed by atoms with van der Waals surface area (Å²) >= 11 is 0. The zero-order valence-electron chi connectivity index (χ0n) is 10.8. The van der Waals surface area contributed by atoms with Gasteiger partial charge in [0.1, 0.15) is 0 Å². The number of nitrogens with zero attached hydrogens (tertiary/aromatic N) is 3. The van der Waals surface area contributed by atoms with E-state index in [2.05, 4.69) is 17.3 Å². The molecule has 0 saturated heterocycles. The molecule has 0 aromatic carbocycles. The average Bonchev–Trinajstić information content (AvgIpc) is 2.64. The Bertz CT molecular complexity index is 415. The highest BCUT2D eigenvalue weighted by Crippen LogP contribution is 2.28. The molecule has 0 amide bonds. The van der Waals surface area contributed by atoms with Gasteiger partial charge in [0.25, 0.3) is 0 Å². The first kappa shape index (κ1) is 12.2. The van der Waals surface area contributed by atoms with Gasteiger partial charge in [-0.3, -0.25) is 4.57 Å². The lowest BCUT2D eigenvalue weighted by atomic mass is 9.95. The molecule has 1 aromatic heterocycles. The Hall–Kier alpha value is -1.26. The van der Waals surface area contributed by atoms with E-state index in [-0.39, 0.29) is 5.69 Å². The maximum atomic E-state index is 12.1. The van der Waals surface area contributed by atoms with Crippen molar-refractivity contribution >= 4 is 5.95 Å². The van der Waals surface area contributed by atoms with Crippen molar-refractivity contribution in [1.29, 1.82) is 0 Å². The van der Waals surface area contributed by atoms with Gasteiger partial charge in [-0.15, -0.1) is 5.10 Å². The predicted molar refractivity (Wildman–Crippen MR) is 68.4 cm³/mol. The Morgan fingerprint density at radius 1 is 1.35 bits per heavy atom. The predicted octanol–water partition coefficient (Wildman–Crippen LogP) is 1.91. The highest BCUT2D eigenvalue weighted by molar-refractivity contribution is 5.24. The van der Waals surface area contributed by atoms with Crippen LogP contribution in [0.15, 0.2) is 4.79 Å². The van der Waals surface area contributed by atoms with Crippen molar-refractivity contribution in [1.82, 2.24) is 14.3 Å². The molecular formula is C12H22N4O. The molecule has 1 heterocycles. The molecule has 1 saturated carbocycles. The number of hydrogen-bond acceptors (Lipinski definition) is 3. The monoisotopic (exact) mass is 238 g/mol. The zero-order valence-corrected chi connectivity index (χ0v) is 10.8. The van der Waals surface area contributed by atoms with Gasteiger partial charge < -0.3 is 5.32 Å². The molecule has 1 aromatic rings. The molecule has 1 fully saturated rings. The van der Waals surface area contributed by atoms with Gasteiger partial charge in [0.15, 0.2) is 0 Å². The molecule has 1 aliphatic carbocycles. The molecule has 0 spiro atoms. The van der Waals surface area contributed by atoms with Crippen molar-refractivity contribution in [3.05, 3.63) is 10.5 Å². The number of anilines is 1. The SMILES string of the molecule is CCCNc1nn(C)c(=O)n1C1CCCCC1. The van der Waals surface area contributed by atoms with Gasteiger partial charge in [0, 0.05) is 19.6 Å². The van der Waals surface area contributed by atoms with Crippen LogP contribution in [0.2, 0.25) is 0 Å². The summed E-state index contributed by atoms with van der Waals surface area (Å²) in [6.07, 6.45) is 6.98. The van der Waals surface area contributed by atoms with Gasteiger partial charge >= 0.3 is 5.69 Å². The lowest BCUT2D eigenvalue weighted by molar-refractivity contribution is 0.347. The summed E-state index contributed by atoms with van der Waals surface area (Å²) < 4.78 is 3.29. The molecule has 0 bridgehead atoms. The van der Waals surface area contributed by atoms with Crippen molar-refractivity contribution in [2.75, 3.05) is 11.9 Å². The largest absolute Gasteiger partial charge is 0.354 e. The third-order valence-electron chi connectivity index (χ3n) is 3.43. The first-order valence-electron chi connectivity index (χ1n) is 6.63. The van der Waals surface area contributed by atoms with Gasteiger partial charge in [-0.05, 0) is 19.3 Å². The summed E-state index contributed by atoms with van der Waals surface area (Å²) in [5, 5.41) is 7.53. The first-order valence-corrected chi connectivity index (χ1v) is 6.63. The Morgan fingerprint density at radius 3 is 2.71 bits per heavy atom. The topological polar surface area (TPSA) is 51.9 Å². The van der Waals surface area contributed by atoms with Crippen LogP contribution in [-0.4, -0.2) is 20.9 Å². The average molecular weight is 238 g/mol. The van der Waals surface area contributed by atoms with Crippen molar-refractivity contribution in [2.24, 2.45) is 7.05 Å². The minimum atomic E-state index is 0.00973. The lowest BCUT2D eigenvalue weighted by Gasteiger charge is -2.23. The van der Waals surface area contributed by atoms with E-state index >= 15 is 0 Å². The Kier molecular flexibility index (Phi) is 3.86. The van der Waals surface area contributed by atoms with E-state index in [1.54, 1.807) is 7.05 Å². The maximum Gasteiger partial charge on any atom is 0.347 e. The van der Waals surface area contributed by atoms with Crippen LogP contribution in [0.4, 0.5) is 5.95 Å². The molecule has 0 radical (unpaired) electrons. The van der Waals surface area contributed by atoms with Crippen molar-refractivity contribution in [2.45, 2.75) is 51.5 Å². The van der Waals surface area contributed by atoms with E-state index in [4.69, 9.17) is 0 Å². The third kappa shape index (κ3) is 2.53. The molecule has 5 nitrogen and oxygen atoms in total. The summed E-state index contributed by atoms with van der Waals surface area (Å²) in [5.74, 6) is 0.742.